The molecule has 2 heterocycles. The number of amides is 1. The number of halogens is 6. The lowest BCUT2D eigenvalue weighted by atomic mass is 9.82. The zero-order chi connectivity index (χ0) is 29.0. The number of nitrogens with zero attached hydrogens (tertiary/aromatic N) is 2. The number of fused-ring (bicyclic) bond motifs is 1. The number of carboxylic acid groups (broad SMARTS) is 1. The molecule has 1 aliphatic carbocycles. The summed E-state index contributed by atoms with van der Waals surface area (Å²) in [5, 5.41) is 8.46. The van der Waals surface area contributed by atoms with Crippen LogP contribution in [0.4, 0.5) is 27.6 Å². The summed E-state index contributed by atoms with van der Waals surface area (Å²) in [7, 11) is 1.39. The van der Waals surface area contributed by atoms with Crippen LogP contribution < -0.4 is 14.4 Å². The fraction of sp³-hybridized carbons (Fsp3) is 0.308. The molecular weight excluding hydrogens is 567 g/mol. The van der Waals surface area contributed by atoms with Crippen molar-refractivity contribution in [1.82, 2.24) is 4.57 Å². The van der Waals surface area contributed by atoms with E-state index in [1.54, 1.807) is 0 Å². The smallest absolute Gasteiger partial charge is 0.481 e. The van der Waals surface area contributed by atoms with Gasteiger partial charge in [-0.05, 0) is 43.2 Å². The summed E-state index contributed by atoms with van der Waals surface area (Å²) < 4.78 is 83.4. The number of carbonyl (C=O) groups excluding carboxylic acids is 1. The minimum atomic E-state index is -4.77. The lowest BCUT2D eigenvalue weighted by Crippen LogP contribution is -2.36. The minimum absolute atomic E-state index is 0.0255. The number of rotatable bonds is 7. The number of hydrogen-bond acceptors (Lipinski definition) is 5. The molecule has 0 spiro atoms. The van der Waals surface area contributed by atoms with Crippen molar-refractivity contribution in [2.75, 3.05) is 11.9 Å². The van der Waals surface area contributed by atoms with E-state index in [1.165, 1.54) is 49.5 Å². The molecule has 5 rings (SSSR count). The topological polar surface area (TPSA) is 90.2 Å². The Morgan fingerprint density at radius 2 is 1.85 bits per heavy atom. The summed E-state index contributed by atoms with van der Waals surface area (Å²) in [6.07, 6.45) is -7.79. The van der Waals surface area contributed by atoms with Crippen molar-refractivity contribution in [3.05, 3.63) is 70.5 Å². The SMILES string of the molecule is CN(C(=O)c1cccc(-n2cc(C(F)(F)F)c(Cl)c2COC2CC(C(=O)O)C2)c1)c1ccc2c(c1)OC(F)(F)O2. The molecule has 1 aromatic heterocycles. The number of carboxylic acids is 1. The van der Waals surface area contributed by atoms with Crippen LogP contribution in [0.5, 0.6) is 11.5 Å². The Balaban J connectivity index is 1.41. The molecule has 0 atom stereocenters. The highest BCUT2D eigenvalue weighted by molar-refractivity contribution is 6.32. The summed E-state index contributed by atoms with van der Waals surface area (Å²) in [5.74, 6) is -2.58. The zero-order valence-electron chi connectivity index (χ0n) is 20.5. The fourth-order valence-electron chi connectivity index (χ4n) is 4.43. The van der Waals surface area contributed by atoms with Crippen LogP contribution in [-0.2, 0) is 22.3 Å². The van der Waals surface area contributed by atoms with E-state index < -0.39 is 47.0 Å². The number of aromatic nitrogens is 1. The van der Waals surface area contributed by atoms with Gasteiger partial charge in [0.2, 0.25) is 0 Å². The minimum Gasteiger partial charge on any atom is -0.481 e. The molecule has 0 unspecified atom stereocenters. The number of benzene rings is 2. The van der Waals surface area contributed by atoms with Crippen molar-refractivity contribution >= 4 is 29.2 Å². The van der Waals surface area contributed by atoms with Gasteiger partial charge in [-0.2, -0.15) is 13.2 Å². The zero-order valence-corrected chi connectivity index (χ0v) is 21.3. The monoisotopic (exact) mass is 586 g/mol. The molecule has 3 aromatic rings. The van der Waals surface area contributed by atoms with Gasteiger partial charge in [0.25, 0.3) is 5.91 Å². The van der Waals surface area contributed by atoms with Crippen molar-refractivity contribution in [1.29, 1.82) is 0 Å². The third kappa shape index (κ3) is 5.30. The van der Waals surface area contributed by atoms with E-state index in [2.05, 4.69) is 9.47 Å². The van der Waals surface area contributed by atoms with Gasteiger partial charge in [0.1, 0.15) is 0 Å². The van der Waals surface area contributed by atoms with E-state index in [-0.39, 0.29) is 53.6 Å². The van der Waals surface area contributed by atoms with Crippen LogP contribution in [0.25, 0.3) is 5.69 Å². The number of carbonyl (C=O) groups is 2. The molecule has 2 aliphatic rings. The average molecular weight is 587 g/mol. The second kappa shape index (κ2) is 9.97. The molecule has 40 heavy (non-hydrogen) atoms. The first kappa shape index (κ1) is 27.7. The van der Waals surface area contributed by atoms with Crippen LogP contribution in [0.1, 0.15) is 34.5 Å². The lowest BCUT2D eigenvalue weighted by molar-refractivity contribution is -0.286. The van der Waals surface area contributed by atoms with Crippen molar-refractivity contribution in [3.8, 4) is 17.2 Å². The predicted octanol–water partition coefficient (Wildman–Crippen LogP) is 6.13. The Bertz CT molecular complexity index is 1480. The highest BCUT2D eigenvalue weighted by atomic mass is 35.5. The van der Waals surface area contributed by atoms with Gasteiger partial charge in [-0.3, -0.25) is 9.59 Å². The highest BCUT2D eigenvalue weighted by Gasteiger charge is 2.43. The normalized spacial score (nSPS) is 19.3. The van der Waals surface area contributed by atoms with Gasteiger partial charge in [-0.1, -0.05) is 17.7 Å². The van der Waals surface area contributed by atoms with Crippen molar-refractivity contribution < 1.29 is 50.9 Å². The predicted molar refractivity (Wildman–Crippen MR) is 130 cm³/mol. The van der Waals surface area contributed by atoms with Gasteiger partial charge >= 0.3 is 18.4 Å². The first-order valence-corrected chi connectivity index (χ1v) is 12.2. The molecule has 1 fully saturated rings. The molecule has 0 bridgehead atoms. The molecule has 0 saturated heterocycles. The highest BCUT2D eigenvalue weighted by Crippen LogP contribution is 2.43. The number of ether oxygens (including phenoxy) is 3. The maximum absolute atomic E-state index is 13.7. The first-order valence-electron chi connectivity index (χ1n) is 11.8. The number of alkyl halides is 5. The third-order valence-electron chi connectivity index (χ3n) is 6.69. The third-order valence-corrected chi connectivity index (χ3v) is 7.11. The first-order chi connectivity index (χ1) is 18.7. The molecule has 8 nitrogen and oxygen atoms in total. The maximum atomic E-state index is 13.7. The van der Waals surface area contributed by atoms with E-state index in [4.69, 9.17) is 21.4 Å². The Morgan fingerprint density at radius 1 is 1.15 bits per heavy atom. The molecule has 212 valence electrons. The van der Waals surface area contributed by atoms with Crippen LogP contribution in [0.15, 0.2) is 48.7 Å². The van der Waals surface area contributed by atoms with E-state index in [0.29, 0.717) is 0 Å². The van der Waals surface area contributed by atoms with Crippen molar-refractivity contribution in [2.45, 2.75) is 38.0 Å². The Morgan fingerprint density at radius 3 is 2.52 bits per heavy atom. The van der Waals surface area contributed by atoms with Gasteiger partial charge in [0, 0.05) is 36.2 Å². The summed E-state index contributed by atoms with van der Waals surface area (Å²) >= 11 is 6.12. The van der Waals surface area contributed by atoms with Crippen LogP contribution in [0, 0.1) is 5.92 Å². The van der Waals surface area contributed by atoms with Gasteiger partial charge in [-0.15, -0.1) is 8.78 Å². The molecule has 14 heteroatoms. The number of anilines is 1. The van der Waals surface area contributed by atoms with E-state index >= 15 is 0 Å². The van der Waals surface area contributed by atoms with Gasteiger partial charge in [0.15, 0.2) is 11.5 Å². The second-order valence-corrected chi connectivity index (χ2v) is 9.70. The average Bonchev–Trinajstić information content (AvgIpc) is 3.36. The van der Waals surface area contributed by atoms with E-state index in [9.17, 15) is 31.5 Å². The van der Waals surface area contributed by atoms with Crippen LogP contribution in [0.2, 0.25) is 5.02 Å². The molecule has 1 amide bonds. The van der Waals surface area contributed by atoms with Gasteiger partial charge < -0.3 is 28.8 Å². The number of aliphatic carboxylic acids is 1. The Kier molecular flexibility index (Phi) is 6.91. The molecule has 0 radical (unpaired) electrons. The maximum Gasteiger partial charge on any atom is 0.586 e. The van der Waals surface area contributed by atoms with Crippen LogP contribution in [0.3, 0.4) is 0 Å². The molecular formula is C26H20ClF5N2O6. The molecule has 1 N–H and O–H groups in total. The van der Waals surface area contributed by atoms with Gasteiger partial charge in [0.05, 0.1) is 34.9 Å². The summed E-state index contributed by atoms with van der Waals surface area (Å²) in [6.45, 7) is -0.328. The van der Waals surface area contributed by atoms with Crippen LogP contribution in [-0.4, -0.2) is 41.0 Å². The summed E-state index contributed by atoms with van der Waals surface area (Å²) in [6, 6.07) is 9.52. The Labute approximate surface area is 228 Å². The van der Waals surface area contributed by atoms with Crippen molar-refractivity contribution in [3.63, 3.8) is 0 Å². The molecule has 2 aromatic carbocycles. The van der Waals surface area contributed by atoms with Crippen LogP contribution >= 0.6 is 11.6 Å². The quantitative estimate of drug-likeness (QED) is 0.335. The summed E-state index contributed by atoms with van der Waals surface area (Å²) in [5.41, 5.74) is -0.666. The molecule has 1 saturated carbocycles. The summed E-state index contributed by atoms with van der Waals surface area (Å²) in [4.78, 5) is 25.4. The van der Waals surface area contributed by atoms with Gasteiger partial charge in [-0.25, -0.2) is 0 Å². The largest absolute Gasteiger partial charge is 0.586 e. The number of hydrogen-bond donors (Lipinski definition) is 1. The van der Waals surface area contributed by atoms with Crippen molar-refractivity contribution in [2.24, 2.45) is 5.92 Å². The lowest BCUT2D eigenvalue weighted by Gasteiger charge is -2.32. The van der Waals surface area contributed by atoms with E-state index in [0.717, 1.165) is 15.7 Å². The Hall–Kier alpha value is -3.84. The molecule has 1 aliphatic heterocycles. The fourth-order valence-corrected chi connectivity index (χ4v) is 4.73. The van der Waals surface area contributed by atoms with E-state index in [1.807, 2.05) is 0 Å². The second-order valence-electron chi connectivity index (χ2n) is 9.32. The standard InChI is InChI=1S/C26H20ClF5N2O6/c1-33(15-5-6-20-21(10-15)40-26(31,32)39-20)23(35)13-3-2-4-16(7-13)34-11-18(25(28,29)30)22(27)19(34)12-38-17-8-14(9-17)24(36)37/h2-7,10-11,14,17H,8-9,12H2,1H3,(H,36,37).